The highest BCUT2D eigenvalue weighted by molar-refractivity contribution is 5.95. The van der Waals surface area contributed by atoms with Gasteiger partial charge in [0.2, 0.25) is 0 Å². The van der Waals surface area contributed by atoms with Crippen LogP contribution in [0.5, 0.6) is 0 Å². The van der Waals surface area contributed by atoms with Crippen molar-refractivity contribution in [2.45, 2.75) is 13.8 Å². The molecule has 5 nitrogen and oxygen atoms in total. The minimum Gasteiger partial charge on any atom is -0.368 e. The van der Waals surface area contributed by atoms with E-state index < -0.39 is 0 Å². The molecular formula is C16H20N4O. The second-order valence-electron chi connectivity index (χ2n) is 5.47. The Morgan fingerprint density at radius 2 is 1.86 bits per heavy atom. The lowest BCUT2D eigenvalue weighted by Gasteiger charge is -2.36. The molecule has 0 bridgehead atoms. The lowest BCUT2D eigenvalue weighted by Crippen LogP contribution is -2.49. The fourth-order valence-electron chi connectivity index (χ4n) is 2.81. The number of carbonyl (C=O) groups is 1. The topological polar surface area (TPSA) is 52.2 Å². The first kappa shape index (κ1) is 13.7. The number of hydrogen-bond donors (Lipinski definition) is 1. The van der Waals surface area contributed by atoms with Gasteiger partial charge in [-0.15, -0.1) is 0 Å². The number of nitrogens with one attached hydrogen (secondary N) is 1. The number of H-pyrrole nitrogens is 1. The Balaban J connectivity index is 1.67. The van der Waals surface area contributed by atoms with E-state index in [2.05, 4.69) is 46.3 Å². The Hall–Kier alpha value is -2.30. The highest BCUT2D eigenvalue weighted by Crippen LogP contribution is 2.21. The highest BCUT2D eigenvalue weighted by atomic mass is 16.2. The number of aromatic nitrogens is 2. The Labute approximate surface area is 124 Å². The van der Waals surface area contributed by atoms with Gasteiger partial charge in [-0.1, -0.05) is 18.2 Å². The molecule has 2 heterocycles. The quantitative estimate of drug-likeness (QED) is 0.917. The Bertz CT molecular complexity index is 641. The fourth-order valence-corrected chi connectivity index (χ4v) is 2.81. The number of benzene rings is 1. The van der Waals surface area contributed by atoms with Crippen LogP contribution in [0.1, 0.15) is 21.6 Å². The number of para-hydroxylation sites is 1. The SMILES string of the molecule is Cc1ccccc1N1CCN(C(=O)c2cn[nH]c2C)CC1. The molecule has 0 radical (unpaired) electrons. The largest absolute Gasteiger partial charge is 0.368 e. The average molecular weight is 284 g/mol. The molecule has 2 aromatic rings. The van der Waals surface area contributed by atoms with Gasteiger partial charge < -0.3 is 9.80 Å². The van der Waals surface area contributed by atoms with Crippen LogP contribution in [0.4, 0.5) is 5.69 Å². The van der Waals surface area contributed by atoms with Crippen LogP contribution in [0, 0.1) is 13.8 Å². The molecule has 1 N–H and O–H groups in total. The standard InChI is InChI=1S/C16H20N4O/c1-12-5-3-4-6-15(12)19-7-9-20(10-8-19)16(21)14-11-17-18-13(14)2/h3-6,11H,7-10H2,1-2H3,(H,17,18). The molecule has 0 aliphatic carbocycles. The molecule has 0 saturated carbocycles. The molecule has 1 amide bonds. The van der Waals surface area contributed by atoms with Gasteiger partial charge in [-0.05, 0) is 25.5 Å². The van der Waals surface area contributed by atoms with Crippen molar-refractivity contribution in [1.29, 1.82) is 0 Å². The first-order valence-corrected chi connectivity index (χ1v) is 7.26. The summed E-state index contributed by atoms with van der Waals surface area (Å²) in [5.41, 5.74) is 4.06. The van der Waals surface area contributed by atoms with Crippen molar-refractivity contribution in [2.75, 3.05) is 31.1 Å². The predicted molar refractivity (Wildman–Crippen MR) is 82.6 cm³/mol. The monoisotopic (exact) mass is 284 g/mol. The van der Waals surface area contributed by atoms with Crippen LogP contribution < -0.4 is 4.90 Å². The number of rotatable bonds is 2. The number of hydrogen-bond acceptors (Lipinski definition) is 3. The minimum atomic E-state index is 0.0747. The number of piperazine rings is 1. The maximum Gasteiger partial charge on any atom is 0.257 e. The lowest BCUT2D eigenvalue weighted by atomic mass is 10.1. The molecule has 5 heteroatoms. The Kier molecular flexibility index (Phi) is 3.64. The molecule has 0 spiro atoms. The third-order valence-electron chi connectivity index (χ3n) is 4.08. The second-order valence-corrected chi connectivity index (χ2v) is 5.47. The van der Waals surface area contributed by atoms with Gasteiger partial charge in [0, 0.05) is 37.6 Å². The molecule has 1 aliphatic rings. The molecule has 1 aromatic carbocycles. The van der Waals surface area contributed by atoms with E-state index in [9.17, 15) is 4.79 Å². The molecule has 21 heavy (non-hydrogen) atoms. The summed E-state index contributed by atoms with van der Waals surface area (Å²) >= 11 is 0. The number of amides is 1. The number of aromatic amines is 1. The van der Waals surface area contributed by atoms with Gasteiger partial charge in [0.15, 0.2) is 0 Å². The van der Waals surface area contributed by atoms with Gasteiger partial charge in [-0.25, -0.2) is 0 Å². The van der Waals surface area contributed by atoms with Crippen molar-refractivity contribution >= 4 is 11.6 Å². The summed E-state index contributed by atoms with van der Waals surface area (Å²) in [7, 11) is 0. The van der Waals surface area contributed by atoms with Crippen LogP contribution in [0.3, 0.4) is 0 Å². The molecular weight excluding hydrogens is 264 g/mol. The molecule has 110 valence electrons. The first-order chi connectivity index (χ1) is 10.2. The van der Waals surface area contributed by atoms with Crippen molar-refractivity contribution < 1.29 is 4.79 Å². The number of nitrogens with zero attached hydrogens (tertiary/aromatic N) is 3. The smallest absolute Gasteiger partial charge is 0.257 e. The van der Waals surface area contributed by atoms with E-state index in [0.717, 1.165) is 31.9 Å². The third-order valence-corrected chi connectivity index (χ3v) is 4.08. The zero-order valence-corrected chi connectivity index (χ0v) is 12.5. The summed E-state index contributed by atoms with van der Waals surface area (Å²) in [4.78, 5) is 16.7. The van der Waals surface area contributed by atoms with Crippen LogP contribution >= 0.6 is 0 Å². The molecule has 0 atom stereocenters. The first-order valence-electron chi connectivity index (χ1n) is 7.26. The normalized spacial score (nSPS) is 15.3. The molecule has 3 rings (SSSR count). The summed E-state index contributed by atoms with van der Waals surface area (Å²) in [5.74, 6) is 0.0747. The zero-order valence-electron chi connectivity index (χ0n) is 12.5. The van der Waals surface area contributed by atoms with E-state index in [-0.39, 0.29) is 5.91 Å². The van der Waals surface area contributed by atoms with Crippen LogP contribution in [-0.4, -0.2) is 47.2 Å². The van der Waals surface area contributed by atoms with Gasteiger partial charge in [0.25, 0.3) is 5.91 Å². The molecule has 1 aliphatic heterocycles. The van der Waals surface area contributed by atoms with Crippen molar-refractivity contribution in [3.63, 3.8) is 0 Å². The predicted octanol–water partition coefficient (Wildman–Crippen LogP) is 1.99. The van der Waals surface area contributed by atoms with E-state index in [0.29, 0.717) is 5.56 Å². The van der Waals surface area contributed by atoms with Gasteiger partial charge in [0.1, 0.15) is 0 Å². The fraction of sp³-hybridized carbons (Fsp3) is 0.375. The summed E-state index contributed by atoms with van der Waals surface area (Å²) in [6.07, 6.45) is 1.62. The average Bonchev–Trinajstić information content (AvgIpc) is 2.93. The third kappa shape index (κ3) is 2.63. The van der Waals surface area contributed by atoms with Crippen molar-refractivity contribution in [3.8, 4) is 0 Å². The molecule has 1 saturated heterocycles. The molecule has 0 unspecified atom stereocenters. The van der Waals surface area contributed by atoms with Crippen LogP contribution in [-0.2, 0) is 0 Å². The van der Waals surface area contributed by atoms with E-state index in [1.54, 1.807) is 6.20 Å². The van der Waals surface area contributed by atoms with E-state index in [1.165, 1.54) is 11.3 Å². The van der Waals surface area contributed by atoms with Gasteiger partial charge in [-0.2, -0.15) is 5.10 Å². The Morgan fingerprint density at radius 3 is 2.48 bits per heavy atom. The maximum absolute atomic E-state index is 12.4. The number of carbonyl (C=O) groups excluding carboxylic acids is 1. The molecule has 1 fully saturated rings. The lowest BCUT2D eigenvalue weighted by molar-refractivity contribution is 0.0746. The highest BCUT2D eigenvalue weighted by Gasteiger charge is 2.24. The minimum absolute atomic E-state index is 0.0747. The van der Waals surface area contributed by atoms with Crippen molar-refractivity contribution in [2.24, 2.45) is 0 Å². The van der Waals surface area contributed by atoms with Gasteiger partial charge in [-0.3, -0.25) is 9.89 Å². The van der Waals surface area contributed by atoms with E-state index >= 15 is 0 Å². The summed E-state index contributed by atoms with van der Waals surface area (Å²) in [5, 5.41) is 6.75. The van der Waals surface area contributed by atoms with Crippen molar-refractivity contribution in [3.05, 3.63) is 47.3 Å². The maximum atomic E-state index is 12.4. The van der Waals surface area contributed by atoms with Crippen LogP contribution in [0.15, 0.2) is 30.5 Å². The zero-order chi connectivity index (χ0) is 14.8. The van der Waals surface area contributed by atoms with Gasteiger partial charge in [0.05, 0.1) is 11.8 Å². The van der Waals surface area contributed by atoms with E-state index in [1.807, 2.05) is 11.8 Å². The molecule has 1 aromatic heterocycles. The van der Waals surface area contributed by atoms with Gasteiger partial charge >= 0.3 is 0 Å². The summed E-state index contributed by atoms with van der Waals surface area (Å²) in [6.45, 7) is 7.24. The summed E-state index contributed by atoms with van der Waals surface area (Å²) in [6, 6.07) is 8.39. The second kappa shape index (κ2) is 5.60. The van der Waals surface area contributed by atoms with Crippen molar-refractivity contribution in [1.82, 2.24) is 15.1 Å². The van der Waals surface area contributed by atoms with Crippen LogP contribution in [0.25, 0.3) is 0 Å². The van der Waals surface area contributed by atoms with Crippen LogP contribution in [0.2, 0.25) is 0 Å². The number of anilines is 1. The Morgan fingerprint density at radius 1 is 1.14 bits per heavy atom. The summed E-state index contributed by atoms with van der Waals surface area (Å²) < 4.78 is 0. The van der Waals surface area contributed by atoms with E-state index in [4.69, 9.17) is 0 Å². The number of aryl methyl sites for hydroxylation is 2.